The molecule has 0 saturated carbocycles. The largest absolute Gasteiger partial charge is 0.323 e. The number of benzene rings is 1. The predicted octanol–water partition coefficient (Wildman–Crippen LogP) is 2.90. The Bertz CT molecular complexity index is 487. The Balaban J connectivity index is 2.48. The summed E-state index contributed by atoms with van der Waals surface area (Å²) in [6.07, 6.45) is 5.40. The minimum absolute atomic E-state index is 0.892. The molecule has 0 amide bonds. The molecule has 0 saturated heterocycles. The molecule has 0 atom stereocenters. The van der Waals surface area contributed by atoms with E-state index in [1.165, 1.54) is 0 Å². The molecule has 0 radical (unpaired) electrons. The Morgan fingerprint density at radius 3 is 2.33 bits per heavy atom. The molecule has 1 heterocycles. The molecule has 2 aromatic rings. The van der Waals surface area contributed by atoms with Gasteiger partial charge in [-0.05, 0) is 17.7 Å². The van der Waals surface area contributed by atoms with Crippen LogP contribution < -0.4 is 0 Å². The Morgan fingerprint density at radius 1 is 1.07 bits per heavy atom. The summed E-state index contributed by atoms with van der Waals surface area (Å²) in [6, 6.07) is 15.8. The van der Waals surface area contributed by atoms with Crippen LogP contribution in [0.1, 0.15) is 5.56 Å². The second-order valence-electron chi connectivity index (χ2n) is 3.12. The van der Waals surface area contributed by atoms with Crippen LogP contribution in [-0.2, 0) is 0 Å². The highest BCUT2D eigenvalue weighted by Gasteiger charge is 2.01. The van der Waals surface area contributed by atoms with Crippen LogP contribution in [-0.4, -0.2) is 4.57 Å². The summed E-state index contributed by atoms with van der Waals surface area (Å²) in [5.74, 6) is 0. The van der Waals surface area contributed by atoms with Gasteiger partial charge in [0, 0.05) is 18.5 Å². The van der Waals surface area contributed by atoms with E-state index in [0.29, 0.717) is 0 Å². The van der Waals surface area contributed by atoms with Crippen molar-refractivity contribution in [3.63, 3.8) is 0 Å². The van der Waals surface area contributed by atoms with Gasteiger partial charge in [-0.3, -0.25) is 0 Å². The third-order valence-electron chi connectivity index (χ3n) is 2.15. The first-order chi connectivity index (χ1) is 7.42. The highest BCUT2D eigenvalue weighted by atomic mass is 14.9. The summed E-state index contributed by atoms with van der Waals surface area (Å²) < 4.78 is 1.93. The lowest BCUT2D eigenvalue weighted by atomic mass is 10.1. The highest BCUT2D eigenvalue weighted by molar-refractivity contribution is 5.67. The predicted molar refractivity (Wildman–Crippen MR) is 59.9 cm³/mol. The average molecular weight is 194 g/mol. The maximum absolute atomic E-state index is 8.76. The normalized spacial score (nSPS) is 11.0. The first-order valence-corrected chi connectivity index (χ1v) is 4.70. The van der Waals surface area contributed by atoms with Crippen molar-refractivity contribution in [3.05, 3.63) is 66.5 Å². The number of nitrogens with zero attached hydrogens (tertiary/aromatic N) is 2. The zero-order chi connectivity index (χ0) is 10.5. The van der Waals surface area contributed by atoms with Gasteiger partial charge in [-0.2, -0.15) is 5.26 Å². The number of nitriles is 1. The summed E-state index contributed by atoms with van der Waals surface area (Å²) in [6.45, 7) is 0. The summed E-state index contributed by atoms with van der Waals surface area (Å²) in [5, 5.41) is 8.76. The molecule has 15 heavy (non-hydrogen) atoms. The van der Waals surface area contributed by atoms with Gasteiger partial charge in [0.05, 0.1) is 11.8 Å². The second kappa shape index (κ2) is 4.30. The van der Waals surface area contributed by atoms with Crippen molar-refractivity contribution < 1.29 is 0 Å². The Labute approximate surface area is 88.7 Å². The molecule has 0 aliphatic heterocycles. The smallest absolute Gasteiger partial charge is 0.0934 e. The first-order valence-electron chi connectivity index (χ1n) is 4.70. The van der Waals surface area contributed by atoms with Crippen molar-refractivity contribution in [2.24, 2.45) is 0 Å². The molecule has 2 nitrogen and oxygen atoms in total. The van der Waals surface area contributed by atoms with Gasteiger partial charge in [0.2, 0.25) is 0 Å². The lowest BCUT2D eigenvalue weighted by molar-refractivity contribution is 1.11. The lowest BCUT2D eigenvalue weighted by Crippen LogP contribution is -1.94. The lowest BCUT2D eigenvalue weighted by Gasteiger charge is -2.07. The zero-order valence-corrected chi connectivity index (χ0v) is 8.17. The van der Waals surface area contributed by atoms with Crippen LogP contribution in [0.15, 0.2) is 60.9 Å². The molecule has 0 aliphatic rings. The van der Waals surface area contributed by atoms with E-state index >= 15 is 0 Å². The van der Waals surface area contributed by atoms with E-state index in [1.54, 1.807) is 6.08 Å². The van der Waals surface area contributed by atoms with Gasteiger partial charge in [-0.25, -0.2) is 0 Å². The molecule has 0 unspecified atom stereocenters. The molecule has 2 rings (SSSR count). The fourth-order valence-electron chi connectivity index (χ4n) is 1.47. The van der Waals surface area contributed by atoms with Crippen molar-refractivity contribution in [1.82, 2.24) is 4.57 Å². The number of hydrogen-bond acceptors (Lipinski definition) is 1. The fourth-order valence-corrected chi connectivity index (χ4v) is 1.47. The van der Waals surface area contributed by atoms with Gasteiger partial charge in [0.25, 0.3) is 0 Å². The summed E-state index contributed by atoms with van der Waals surface area (Å²) in [5.41, 5.74) is 1.93. The molecule has 1 aromatic carbocycles. The molecular weight excluding hydrogens is 184 g/mol. The number of rotatable bonds is 2. The monoisotopic (exact) mass is 194 g/mol. The van der Waals surface area contributed by atoms with Crippen LogP contribution in [0.25, 0.3) is 5.70 Å². The van der Waals surface area contributed by atoms with Crippen LogP contribution in [0.4, 0.5) is 0 Å². The van der Waals surface area contributed by atoms with Crippen molar-refractivity contribution in [3.8, 4) is 6.07 Å². The Hall–Kier alpha value is -2.27. The standard InChI is InChI=1S/C13H10N2/c14-9-8-13(15-10-4-5-11-15)12-6-2-1-3-7-12/h1-8,10-11H/b13-8-. The number of aromatic nitrogens is 1. The van der Waals surface area contributed by atoms with Gasteiger partial charge < -0.3 is 4.57 Å². The van der Waals surface area contributed by atoms with Crippen LogP contribution in [0, 0.1) is 11.3 Å². The molecule has 0 aliphatic carbocycles. The Morgan fingerprint density at radius 2 is 1.73 bits per heavy atom. The molecule has 2 heteroatoms. The minimum Gasteiger partial charge on any atom is -0.323 e. The van der Waals surface area contributed by atoms with Crippen molar-refractivity contribution in [2.45, 2.75) is 0 Å². The van der Waals surface area contributed by atoms with Crippen LogP contribution in [0.2, 0.25) is 0 Å². The topological polar surface area (TPSA) is 28.7 Å². The summed E-state index contributed by atoms with van der Waals surface area (Å²) >= 11 is 0. The molecule has 72 valence electrons. The van der Waals surface area contributed by atoms with E-state index < -0.39 is 0 Å². The molecule has 0 fully saturated rings. The first kappa shape index (κ1) is 9.29. The maximum Gasteiger partial charge on any atom is 0.0934 e. The second-order valence-corrected chi connectivity index (χ2v) is 3.12. The summed E-state index contributed by atoms with van der Waals surface area (Å²) in [7, 11) is 0. The molecular formula is C13H10N2. The van der Waals surface area contributed by atoms with E-state index in [9.17, 15) is 0 Å². The zero-order valence-electron chi connectivity index (χ0n) is 8.17. The van der Waals surface area contributed by atoms with Gasteiger partial charge >= 0.3 is 0 Å². The average Bonchev–Trinajstić information content (AvgIpc) is 2.80. The van der Waals surface area contributed by atoms with Gasteiger partial charge in [-0.15, -0.1) is 0 Å². The van der Waals surface area contributed by atoms with E-state index in [2.05, 4.69) is 6.07 Å². The van der Waals surface area contributed by atoms with Gasteiger partial charge in [0.1, 0.15) is 0 Å². The van der Waals surface area contributed by atoms with E-state index in [1.807, 2.05) is 59.4 Å². The third-order valence-corrected chi connectivity index (χ3v) is 2.15. The molecule has 1 aromatic heterocycles. The number of hydrogen-bond donors (Lipinski definition) is 0. The van der Waals surface area contributed by atoms with Crippen molar-refractivity contribution in [1.29, 1.82) is 5.26 Å². The van der Waals surface area contributed by atoms with Crippen LogP contribution in [0.3, 0.4) is 0 Å². The van der Waals surface area contributed by atoms with E-state index in [0.717, 1.165) is 11.3 Å². The fraction of sp³-hybridized carbons (Fsp3) is 0. The van der Waals surface area contributed by atoms with E-state index in [-0.39, 0.29) is 0 Å². The maximum atomic E-state index is 8.76. The van der Waals surface area contributed by atoms with Crippen LogP contribution >= 0.6 is 0 Å². The van der Waals surface area contributed by atoms with Crippen LogP contribution in [0.5, 0.6) is 0 Å². The number of allylic oxidation sites excluding steroid dienone is 1. The molecule has 0 spiro atoms. The Kier molecular flexibility index (Phi) is 2.66. The van der Waals surface area contributed by atoms with Gasteiger partial charge in [0.15, 0.2) is 0 Å². The van der Waals surface area contributed by atoms with E-state index in [4.69, 9.17) is 5.26 Å². The van der Waals surface area contributed by atoms with Gasteiger partial charge in [-0.1, -0.05) is 30.3 Å². The van der Waals surface area contributed by atoms with Crippen molar-refractivity contribution >= 4 is 5.70 Å². The molecule has 0 bridgehead atoms. The highest BCUT2D eigenvalue weighted by Crippen LogP contribution is 2.16. The van der Waals surface area contributed by atoms with Crippen molar-refractivity contribution in [2.75, 3.05) is 0 Å². The summed E-state index contributed by atoms with van der Waals surface area (Å²) in [4.78, 5) is 0. The minimum atomic E-state index is 0.892. The SMILES string of the molecule is N#C/C=C(/c1ccccc1)n1cccc1. The molecule has 0 N–H and O–H groups in total. The third kappa shape index (κ3) is 1.97. The quantitative estimate of drug-likeness (QED) is 0.676.